The smallest absolute Gasteiger partial charge is 0.331 e. The molecule has 0 bridgehead atoms. The lowest BCUT2D eigenvalue weighted by atomic mass is 9.92. The number of aliphatic hydroxyl groups excluding tert-OH is 10. The molecule has 122 heavy (non-hydrogen) atoms. The van der Waals surface area contributed by atoms with Gasteiger partial charge in [-0.2, -0.15) is 0 Å². The molecule has 0 spiro atoms. The van der Waals surface area contributed by atoms with Crippen LogP contribution in [0.15, 0.2) is 118 Å². The number of amides is 9. The Balaban J connectivity index is 1.08. The van der Waals surface area contributed by atoms with Crippen molar-refractivity contribution >= 4 is 77.2 Å². The summed E-state index contributed by atoms with van der Waals surface area (Å²) in [6.07, 6.45) is -14.8. The maximum Gasteiger partial charge on any atom is 0.331 e. The number of rotatable bonds is 56. The molecule has 0 radical (unpaired) electrons. The van der Waals surface area contributed by atoms with E-state index in [1.807, 2.05) is 31.2 Å². The van der Waals surface area contributed by atoms with Crippen molar-refractivity contribution in [3.05, 3.63) is 174 Å². The Kier molecular flexibility index (Phi) is 42.4. The van der Waals surface area contributed by atoms with Crippen molar-refractivity contribution in [2.24, 2.45) is 11.7 Å². The molecular weight excluding hydrogens is 1620 g/mol. The van der Waals surface area contributed by atoms with E-state index in [0.29, 0.717) is 48.8 Å². The molecule has 1 aliphatic rings. The number of aliphatic hydroxyl groups is 10. The minimum atomic E-state index is -2.07. The number of hydrogen-bond donors (Lipinski definition) is 18. The monoisotopic (exact) mass is 1730 g/mol. The first kappa shape index (κ1) is 100. The van der Waals surface area contributed by atoms with Gasteiger partial charge in [0.05, 0.1) is 61.6 Å². The number of carbonyl (C=O) groups is 11. The molecule has 35 nitrogen and oxygen atoms in total. The number of nitrogens with zero attached hydrogens (tertiary/aromatic N) is 3. The number of nitrogens with two attached hydrogens (primary N) is 1. The molecule has 0 saturated carbocycles. The highest BCUT2D eigenvalue weighted by atomic mass is 32.2. The van der Waals surface area contributed by atoms with Crippen molar-refractivity contribution in [1.82, 2.24) is 51.3 Å². The van der Waals surface area contributed by atoms with E-state index in [2.05, 4.69) is 37.2 Å². The molecule has 1 aliphatic heterocycles. The van der Waals surface area contributed by atoms with E-state index in [0.717, 1.165) is 55.1 Å². The number of hydrogen-bond acceptors (Lipinski definition) is 26. The van der Waals surface area contributed by atoms with Gasteiger partial charge in [0.1, 0.15) is 54.3 Å². The summed E-state index contributed by atoms with van der Waals surface area (Å²) in [6.45, 7) is 0.408. The second kappa shape index (κ2) is 51.5. The van der Waals surface area contributed by atoms with Crippen molar-refractivity contribution in [2.75, 3.05) is 58.3 Å². The number of nitrogens with one attached hydrogen (secondary N) is 7. The van der Waals surface area contributed by atoms with Gasteiger partial charge in [-0.1, -0.05) is 110 Å². The molecule has 19 N–H and O–H groups in total. The van der Waals surface area contributed by atoms with Crippen molar-refractivity contribution in [3.8, 4) is 11.1 Å². The zero-order valence-electron chi connectivity index (χ0n) is 68.3. The lowest BCUT2D eigenvalue weighted by molar-refractivity contribution is -0.137. The van der Waals surface area contributed by atoms with Crippen LogP contribution in [0.25, 0.3) is 11.1 Å². The third kappa shape index (κ3) is 32.1. The number of halogens is 2. The third-order valence-electron chi connectivity index (χ3n) is 20.5. The number of benzene rings is 4. The molecule has 0 unspecified atom stereocenters. The summed E-state index contributed by atoms with van der Waals surface area (Å²) in [4.78, 5) is 177. The van der Waals surface area contributed by atoms with Crippen LogP contribution in [-0.4, -0.2) is 256 Å². The minimum absolute atomic E-state index is 0.00518. The Morgan fingerprint density at radius 2 is 1.13 bits per heavy atom. The highest BCUT2D eigenvalue weighted by molar-refractivity contribution is 8.04. The fourth-order valence-corrected chi connectivity index (χ4v) is 14.1. The van der Waals surface area contributed by atoms with Crippen molar-refractivity contribution in [3.63, 3.8) is 0 Å². The summed E-state index contributed by atoms with van der Waals surface area (Å²) in [6, 6.07) is 21.7. The lowest BCUT2D eigenvalue weighted by Crippen LogP contribution is -2.52. The van der Waals surface area contributed by atoms with E-state index in [1.165, 1.54) is 19.9 Å². The van der Waals surface area contributed by atoms with E-state index in [4.69, 9.17) is 10.5 Å². The molecule has 5 aromatic rings. The van der Waals surface area contributed by atoms with Crippen LogP contribution >= 0.6 is 11.8 Å². The topological polar surface area (TPSA) is 557 Å². The SMILES string of the molecule is Cc1ccc(CCC(=O)NCCN2C(=O)C=C(SC[C@H](C)NC(=O)[C@@H](CCC(=O)NC[C@H](O)[C@@H](O)[C@H](O)[C@H](O)CO)NC(=O)[C@@H](CCOC=O)CC(=O)[C@@H](CCC(=O)NC[C@H](O)[C@@H](O)[C@H](O)[C@H](O)CO)NC(=O)CCCCCCCNC(=O)CCc3cccc(-c4c(C)n(Cc5c(F)cccc5F)c(=O)n(C[C@@H](N)c5ccccc5)c4=O)c3)C2=O)cc1. The molecule has 6 rings (SSSR count). The van der Waals surface area contributed by atoms with Crippen LogP contribution in [0.5, 0.6) is 0 Å². The summed E-state index contributed by atoms with van der Waals surface area (Å²) >= 11 is 0.900. The third-order valence-corrected chi connectivity index (χ3v) is 21.8. The Labute approximate surface area is 707 Å². The quantitative estimate of drug-likeness (QED) is 0.0122. The zero-order chi connectivity index (χ0) is 89.7. The predicted molar refractivity (Wildman–Crippen MR) is 441 cm³/mol. The van der Waals surface area contributed by atoms with Gasteiger partial charge in [0.2, 0.25) is 41.4 Å². The number of Topliss-reactive ketones (excluding diaryl/α,β-unsaturated/α-hetero) is 1. The van der Waals surface area contributed by atoms with Crippen LogP contribution in [0.4, 0.5) is 8.78 Å². The van der Waals surface area contributed by atoms with Gasteiger partial charge in [-0.3, -0.25) is 71.6 Å². The van der Waals surface area contributed by atoms with Crippen LogP contribution in [0, 0.1) is 31.4 Å². The number of thioether (sulfide) groups is 1. The van der Waals surface area contributed by atoms with E-state index >= 15 is 8.78 Å². The number of imide groups is 1. The maximum absolute atomic E-state index is 15.1. The molecule has 13 atom stereocenters. The van der Waals surface area contributed by atoms with E-state index in [1.54, 1.807) is 54.6 Å². The fourth-order valence-electron chi connectivity index (χ4n) is 13.2. The van der Waals surface area contributed by atoms with E-state index in [9.17, 15) is 113 Å². The lowest BCUT2D eigenvalue weighted by Gasteiger charge is -2.26. The molecule has 668 valence electrons. The van der Waals surface area contributed by atoms with E-state index in [-0.39, 0.29) is 104 Å². The number of aromatic nitrogens is 2. The van der Waals surface area contributed by atoms with E-state index < -0.39 is 227 Å². The van der Waals surface area contributed by atoms with Gasteiger partial charge in [0, 0.05) is 112 Å². The fraction of sp³-hybridized carbons (Fsp3) is 0.512. The van der Waals surface area contributed by atoms with Crippen molar-refractivity contribution < 1.29 is 117 Å². The average Bonchev–Trinajstić information content (AvgIpc) is 0.959. The largest absolute Gasteiger partial charge is 0.468 e. The molecule has 1 aromatic heterocycles. The van der Waals surface area contributed by atoms with Crippen molar-refractivity contribution in [1.29, 1.82) is 0 Å². The van der Waals surface area contributed by atoms with Gasteiger partial charge in [-0.05, 0) is 100 Å². The second-order valence-corrected chi connectivity index (χ2v) is 31.0. The second-order valence-electron chi connectivity index (χ2n) is 30.0. The normalized spacial score (nSPS) is 15.3. The van der Waals surface area contributed by atoms with Crippen LogP contribution < -0.4 is 54.2 Å². The first-order chi connectivity index (χ1) is 58.2. The summed E-state index contributed by atoms with van der Waals surface area (Å²) in [7, 11) is 0. The predicted octanol–water partition coefficient (Wildman–Crippen LogP) is -1.28. The number of ether oxygens (including phenoxy) is 1. The van der Waals surface area contributed by atoms with Gasteiger partial charge in [-0.15, -0.1) is 11.8 Å². The summed E-state index contributed by atoms with van der Waals surface area (Å²) < 4.78 is 37.1. The van der Waals surface area contributed by atoms with Crippen LogP contribution in [-0.2, 0) is 83.4 Å². The first-order valence-corrected chi connectivity index (χ1v) is 41.3. The average molecular weight is 1730 g/mol. The zero-order valence-corrected chi connectivity index (χ0v) is 69.1. The number of ketones is 1. The van der Waals surface area contributed by atoms with Crippen LogP contribution in [0.2, 0.25) is 0 Å². The summed E-state index contributed by atoms with van der Waals surface area (Å²) in [5.74, 6) is -10.5. The maximum atomic E-state index is 15.1. The molecule has 4 aromatic carbocycles. The van der Waals surface area contributed by atoms with Gasteiger partial charge < -0.3 is 98.8 Å². The number of aryl methyl sites for hydroxylation is 3. The minimum Gasteiger partial charge on any atom is -0.468 e. The van der Waals surface area contributed by atoms with Gasteiger partial charge in [-0.25, -0.2) is 13.6 Å². The molecule has 0 fully saturated rings. The summed E-state index contributed by atoms with van der Waals surface area (Å²) in [5, 5.41) is 118. The molecule has 0 saturated heterocycles. The Morgan fingerprint density at radius 1 is 0.574 bits per heavy atom. The van der Waals surface area contributed by atoms with Gasteiger partial charge >= 0.3 is 5.69 Å². The molecular formula is C84H113F2N11O24S. The van der Waals surface area contributed by atoms with Crippen molar-refractivity contribution in [2.45, 2.75) is 210 Å². The highest BCUT2D eigenvalue weighted by Gasteiger charge is 2.37. The van der Waals surface area contributed by atoms with Gasteiger partial charge in [0.25, 0.3) is 23.8 Å². The molecule has 38 heteroatoms. The Bertz CT molecular complexity index is 4460. The molecule has 0 aliphatic carbocycles. The highest BCUT2D eigenvalue weighted by Crippen LogP contribution is 2.27. The first-order valence-electron chi connectivity index (χ1n) is 40.3. The van der Waals surface area contributed by atoms with Crippen LogP contribution in [0.1, 0.15) is 136 Å². The summed E-state index contributed by atoms with van der Waals surface area (Å²) in [5.41, 5.74) is 8.54. The van der Waals surface area contributed by atoms with Gasteiger partial charge in [0.15, 0.2) is 5.78 Å². The standard InChI is InChI=1S/C84H113F2N11O24S/c1-49-21-23-52(24-22-49)25-29-70(107)89-35-36-95-74(111)40-68(82(95)118)122-47-50(2)92-81(117)62(28-32-72(109)91-42-65(103)77(113)79(115)67(105)46-99)94-80(116)56(33-37-121-48-100)39-63(101)61(27-31-71(108)90-41-64(102)76(112)78(114)66(104)45-98)93-73(110)20-10-5-4-6-11-34-88-69(106)30-26-53-14-12-17-55(38-53)75-51(3)96(43-57-58(85)18-13-19-59(57)86)84(120)97(83(75)119)44-60(87)54-15-8-7-9-16-54/h7-9,12-19,21-24,38,40,48,50,56,60-62,64-67,76-79,98-99,102-105,112-115H,4-6,10-11,20,25-37,39,41-47,87H2,1-3H3,(H,88,106)(H,89,107)(H,90,108)(H,91,109)(H,92,117)(H,93,110)(H,94,116)/t50-,56-,60+,61+,62+,64-,65-,66+,67+,76+,77+,78+,79+/m0/s1. The Hall–Kier alpha value is -10.4. The Morgan fingerprint density at radius 3 is 1.74 bits per heavy atom. The number of unbranched alkanes of at least 4 members (excludes halogenated alkanes) is 4. The molecule has 2 heterocycles. The van der Waals surface area contributed by atoms with Crippen LogP contribution in [0.3, 0.4) is 0 Å². The molecule has 9 amide bonds. The number of carbonyl (C=O) groups excluding carboxylic acids is 11.